The van der Waals surface area contributed by atoms with Crippen molar-refractivity contribution in [1.29, 1.82) is 0 Å². The number of amides is 2. The number of unbranched alkanes of at least 4 members (excludes halogenated alkanes) is 1. The molecule has 0 bridgehead atoms. The fourth-order valence-electron chi connectivity index (χ4n) is 1.96. The van der Waals surface area contributed by atoms with Gasteiger partial charge in [0.2, 0.25) is 11.8 Å². The molecule has 2 amide bonds. The standard InChI is InChI=1S/C17H33N5O2S2/c1-22(2,3)12-5-4-7-15(19)17(24)21-11-14-26-25-13-8-16(23)20-10-6-9-18/h15H,4-5,7-8,10-14,18-19H2,1-3H3,(H-,20,21,23,24)/p+1. The lowest BCUT2D eigenvalue weighted by atomic mass is 10.1. The van der Waals surface area contributed by atoms with E-state index in [0.717, 1.165) is 36.0 Å². The Morgan fingerprint density at radius 1 is 1.12 bits per heavy atom. The van der Waals surface area contributed by atoms with E-state index in [9.17, 15) is 9.59 Å². The van der Waals surface area contributed by atoms with Crippen LogP contribution in [0.5, 0.6) is 0 Å². The number of carbonyl (C=O) groups excluding carboxylic acids is 2. The van der Waals surface area contributed by atoms with E-state index in [4.69, 9.17) is 11.5 Å². The first kappa shape index (κ1) is 24.9. The Labute approximate surface area is 165 Å². The second kappa shape index (κ2) is 15.0. The summed E-state index contributed by atoms with van der Waals surface area (Å²) < 4.78 is 0.930. The van der Waals surface area contributed by atoms with Crippen molar-refractivity contribution >= 4 is 33.4 Å². The maximum absolute atomic E-state index is 11.9. The molecular formula is C17H34N5O2S2+. The van der Waals surface area contributed by atoms with Gasteiger partial charge in [0.25, 0.3) is 0 Å². The maximum atomic E-state index is 11.9. The Bertz CT molecular complexity index is 472. The number of nitrogens with two attached hydrogens (primary N) is 2. The molecule has 6 N–H and O–H groups in total. The summed E-state index contributed by atoms with van der Waals surface area (Å²) in [6.45, 7) is 1.96. The number of rotatable bonds is 14. The normalized spacial score (nSPS) is 12.0. The lowest BCUT2D eigenvalue weighted by molar-refractivity contribution is -0.870. The van der Waals surface area contributed by atoms with Crippen molar-refractivity contribution in [3.05, 3.63) is 0 Å². The molecule has 0 aromatic carbocycles. The van der Waals surface area contributed by atoms with Gasteiger partial charge in [0.05, 0.1) is 40.3 Å². The van der Waals surface area contributed by atoms with Crippen LogP contribution in [0.25, 0.3) is 0 Å². The summed E-state index contributed by atoms with van der Waals surface area (Å²) in [7, 11) is 9.72. The van der Waals surface area contributed by atoms with E-state index >= 15 is 0 Å². The van der Waals surface area contributed by atoms with Crippen LogP contribution in [-0.4, -0.2) is 74.6 Å². The molecule has 1 unspecified atom stereocenters. The van der Waals surface area contributed by atoms with E-state index < -0.39 is 6.04 Å². The molecule has 0 aliphatic heterocycles. The minimum Gasteiger partial charge on any atom is -0.359 e. The van der Waals surface area contributed by atoms with Crippen LogP contribution in [0.3, 0.4) is 0 Å². The molecule has 7 nitrogen and oxygen atoms in total. The highest BCUT2D eigenvalue weighted by Gasteiger charge is 2.13. The fraction of sp³-hybridized carbons (Fsp3) is 0.765. The highest BCUT2D eigenvalue weighted by Crippen LogP contribution is 2.20. The third-order valence-electron chi connectivity index (χ3n) is 3.39. The SMILES string of the molecule is C[N+](C)(C)CCCCC(N)C(=O)NCCSSCCC(=O)NCC#CN. The van der Waals surface area contributed by atoms with Crippen molar-refractivity contribution in [3.8, 4) is 12.0 Å². The summed E-state index contributed by atoms with van der Waals surface area (Å²) in [6, 6.07) is 1.80. The zero-order valence-electron chi connectivity index (χ0n) is 16.2. The van der Waals surface area contributed by atoms with E-state index in [2.05, 4.69) is 43.7 Å². The van der Waals surface area contributed by atoms with Gasteiger partial charge in [-0.15, -0.1) is 0 Å². The van der Waals surface area contributed by atoms with Crippen LogP contribution in [-0.2, 0) is 9.59 Å². The molecule has 26 heavy (non-hydrogen) atoms. The van der Waals surface area contributed by atoms with Gasteiger partial charge in [0.1, 0.15) is 0 Å². The van der Waals surface area contributed by atoms with E-state index in [0.29, 0.717) is 18.7 Å². The molecule has 0 rings (SSSR count). The Morgan fingerprint density at radius 2 is 1.81 bits per heavy atom. The van der Waals surface area contributed by atoms with E-state index in [1.54, 1.807) is 21.6 Å². The summed E-state index contributed by atoms with van der Waals surface area (Å²) >= 11 is 0. The molecule has 0 spiro atoms. The Morgan fingerprint density at radius 3 is 2.46 bits per heavy atom. The maximum Gasteiger partial charge on any atom is 0.236 e. The van der Waals surface area contributed by atoms with Gasteiger partial charge in [-0.3, -0.25) is 9.59 Å². The zero-order chi connectivity index (χ0) is 19.8. The molecule has 1 atom stereocenters. The number of hydrogen-bond acceptors (Lipinski definition) is 6. The summed E-state index contributed by atoms with van der Waals surface area (Å²) in [6.07, 6.45) is 3.20. The molecule has 150 valence electrons. The molecule has 0 saturated carbocycles. The zero-order valence-corrected chi connectivity index (χ0v) is 17.8. The largest absolute Gasteiger partial charge is 0.359 e. The van der Waals surface area contributed by atoms with Crippen LogP contribution in [0, 0.1) is 12.0 Å². The minimum atomic E-state index is -0.430. The van der Waals surface area contributed by atoms with Crippen LogP contribution >= 0.6 is 21.6 Å². The van der Waals surface area contributed by atoms with E-state index in [-0.39, 0.29) is 18.4 Å². The number of nitrogens with zero attached hydrogens (tertiary/aromatic N) is 1. The topological polar surface area (TPSA) is 110 Å². The smallest absolute Gasteiger partial charge is 0.236 e. The summed E-state index contributed by atoms with van der Waals surface area (Å²) in [5, 5.41) is 5.52. The van der Waals surface area contributed by atoms with Crippen molar-refractivity contribution in [2.45, 2.75) is 31.7 Å². The quantitative estimate of drug-likeness (QED) is 0.108. The van der Waals surface area contributed by atoms with Gasteiger partial charge in [-0.25, -0.2) is 0 Å². The van der Waals surface area contributed by atoms with Gasteiger partial charge < -0.3 is 26.6 Å². The second-order valence-electron chi connectivity index (χ2n) is 6.90. The average molecular weight is 405 g/mol. The Kier molecular flexibility index (Phi) is 14.4. The predicted octanol–water partition coefficient (Wildman–Crippen LogP) is 0.114. The molecule has 0 saturated heterocycles. The number of carbonyl (C=O) groups is 2. The molecule has 0 aromatic heterocycles. The molecule has 9 heteroatoms. The summed E-state index contributed by atoms with van der Waals surface area (Å²) in [5.41, 5.74) is 10.9. The van der Waals surface area contributed by atoms with Gasteiger partial charge in [-0.05, 0) is 19.3 Å². The highest BCUT2D eigenvalue weighted by molar-refractivity contribution is 8.76. The van der Waals surface area contributed by atoms with Gasteiger partial charge in [-0.1, -0.05) is 27.5 Å². The monoisotopic (exact) mass is 404 g/mol. The third-order valence-corrected chi connectivity index (χ3v) is 5.80. The average Bonchev–Trinajstić information content (AvgIpc) is 2.56. The van der Waals surface area contributed by atoms with Crippen LogP contribution in [0.15, 0.2) is 0 Å². The van der Waals surface area contributed by atoms with Crippen molar-refractivity contribution in [1.82, 2.24) is 10.6 Å². The Hall–Kier alpha value is -1.08. The van der Waals surface area contributed by atoms with Crippen molar-refractivity contribution in [2.75, 3.05) is 52.3 Å². The number of hydrogen-bond donors (Lipinski definition) is 4. The summed E-state index contributed by atoms with van der Waals surface area (Å²) in [4.78, 5) is 23.3. The number of nitrogens with one attached hydrogen (secondary N) is 2. The third kappa shape index (κ3) is 16.4. The van der Waals surface area contributed by atoms with Gasteiger partial charge in [0.15, 0.2) is 0 Å². The molecule has 0 heterocycles. The van der Waals surface area contributed by atoms with Crippen molar-refractivity contribution in [3.63, 3.8) is 0 Å². The van der Waals surface area contributed by atoms with Crippen LogP contribution in [0.2, 0.25) is 0 Å². The first-order chi connectivity index (χ1) is 12.3. The van der Waals surface area contributed by atoms with E-state index in [1.807, 2.05) is 0 Å². The highest BCUT2D eigenvalue weighted by atomic mass is 33.1. The lowest BCUT2D eigenvalue weighted by Crippen LogP contribution is -2.41. The van der Waals surface area contributed by atoms with Crippen LogP contribution in [0.1, 0.15) is 25.7 Å². The Balaban J connectivity index is 3.55. The lowest BCUT2D eigenvalue weighted by Gasteiger charge is -2.23. The molecule has 0 fully saturated rings. The van der Waals surface area contributed by atoms with Crippen LogP contribution in [0.4, 0.5) is 0 Å². The molecular weight excluding hydrogens is 370 g/mol. The molecule has 0 aromatic rings. The van der Waals surface area contributed by atoms with Crippen molar-refractivity contribution in [2.24, 2.45) is 11.5 Å². The molecule has 0 aliphatic carbocycles. The first-order valence-corrected chi connectivity index (χ1v) is 11.3. The first-order valence-electron chi connectivity index (χ1n) is 8.79. The van der Waals surface area contributed by atoms with Crippen molar-refractivity contribution < 1.29 is 14.1 Å². The van der Waals surface area contributed by atoms with Gasteiger partial charge in [-0.2, -0.15) is 0 Å². The summed E-state index contributed by atoms with van der Waals surface area (Å²) in [5.74, 6) is 3.95. The molecule has 0 aliphatic rings. The van der Waals surface area contributed by atoms with Gasteiger partial charge in [0, 0.05) is 30.5 Å². The molecule has 0 radical (unpaired) electrons. The van der Waals surface area contributed by atoms with Crippen LogP contribution < -0.4 is 22.1 Å². The van der Waals surface area contributed by atoms with Gasteiger partial charge >= 0.3 is 0 Å². The predicted molar refractivity (Wildman–Crippen MR) is 112 cm³/mol. The fourth-order valence-corrected chi connectivity index (χ4v) is 3.86. The second-order valence-corrected chi connectivity index (χ2v) is 9.60. The number of quaternary nitrogens is 1. The minimum absolute atomic E-state index is 0.0367. The van der Waals surface area contributed by atoms with E-state index in [1.165, 1.54) is 0 Å².